The monoisotopic (exact) mass is 258 g/mol. The Morgan fingerprint density at radius 2 is 1.79 bits per heavy atom. The highest BCUT2D eigenvalue weighted by molar-refractivity contribution is 6.22. The van der Waals surface area contributed by atoms with Crippen LogP contribution in [0.2, 0.25) is 0 Å². The summed E-state index contributed by atoms with van der Waals surface area (Å²) in [6.45, 7) is 4.31. The average molecular weight is 258 g/mol. The predicted molar refractivity (Wildman–Crippen MR) is 72.7 cm³/mol. The van der Waals surface area contributed by atoms with Crippen LogP contribution in [0.4, 0.5) is 5.69 Å². The van der Waals surface area contributed by atoms with Crippen LogP contribution in [0, 0.1) is 11.8 Å². The molecule has 1 aromatic carbocycles. The van der Waals surface area contributed by atoms with Crippen LogP contribution in [0.25, 0.3) is 0 Å². The number of benzene rings is 1. The summed E-state index contributed by atoms with van der Waals surface area (Å²) in [6.07, 6.45) is 1.98. The molecule has 2 amide bonds. The molecular formula is C15H18N2O2. The lowest BCUT2D eigenvalue weighted by molar-refractivity contribution is 0.0547. The molecule has 1 heterocycles. The Hall–Kier alpha value is -1.84. The first kappa shape index (κ1) is 12.2. The molecule has 4 heteroatoms. The van der Waals surface area contributed by atoms with Gasteiger partial charge >= 0.3 is 0 Å². The standard InChI is InChI=1S/C15H18N2O2/c1-8-3-6-13(9(8)2)17-14(18)11-5-4-10(16)7-12(11)15(17)19/h4-5,7-9,13H,3,6,16H2,1-2H3. The molecule has 1 saturated carbocycles. The number of amides is 2. The summed E-state index contributed by atoms with van der Waals surface area (Å²) >= 11 is 0. The van der Waals surface area contributed by atoms with Crippen molar-refractivity contribution < 1.29 is 9.59 Å². The van der Waals surface area contributed by atoms with Crippen molar-refractivity contribution in [2.45, 2.75) is 32.7 Å². The first-order valence-corrected chi connectivity index (χ1v) is 6.78. The highest BCUT2D eigenvalue weighted by Crippen LogP contribution is 2.38. The second-order valence-corrected chi connectivity index (χ2v) is 5.77. The fraction of sp³-hybridized carbons (Fsp3) is 0.467. The van der Waals surface area contributed by atoms with Crippen LogP contribution in [0.3, 0.4) is 0 Å². The van der Waals surface area contributed by atoms with Gasteiger partial charge in [-0.1, -0.05) is 13.8 Å². The maximum atomic E-state index is 12.4. The van der Waals surface area contributed by atoms with E-state index < -0.39 is 0 Å². The molecule has 4 nitrogen and oxygen atoms in total. The SMILES string of the molecule is CC1CCC(N2C(=O)c3ccc(N)cc3C2=O)C1C. The smallest absolute Gasteiger partial charge is 0.261 e. The average Bonchev–Trinajstić information content (AvgIpc) is 2.81. The van der Waals surface area contributed by atoms with Crippen molar-refractivity contribution >= 4 is 17.5 Å². The van der Waals surface area contributed by atoms with E-state index in [1.54, 1.807) is 18.2 Å². The molecule has 1 aliphatic heterocycles. The fourth-order valence-corrected chi connectivity index (χ4v) is 3.28. The molecule has 1 aromatic rings. The van der Waals surface area contributed by atoms with Crippen molar-refractivity contribution in [2.75, 3.05) is 5.73 Å². The van der Waals surface area contributed by atoms with E-state index in [1.165, 1.54) is 4.90 Å². The Bertz CT molecular complexity index is 567. The maximum Gasteiger partial charge on any atom is 0.261 e. The van der Waals surface area contributed by atoms with Crippen molar-refractivity contribution in [1.29, 1.82) is 0 Å². The summed E-state index contributed by atoms with van der Waals surface area (Å²) in [7, 11) is 0. The van der Waals surface area contributed by atoms with E-state index in [0.717, 1.165) is 12.8 Å². The van der Waals surface area contributed by atoms with Crippen molar-refractivity contribution in [3.8, 4) is 0 Å². The number of nitrogen functional groups attached to an aromatic ring is 1. The van der Waals surface area contributed by atoms with Gasteiger partial charge in [-0.3, -0.25) is 14.5 Å². The van der Waals surface area contributed by atoms with Crippen LogP contribution in [0.15, 0.2) is 18.2 Å². The van der Waals surface area contributed by atoms with Crippen LogP contribution >= 0.6 is 0 Å². The number of carbonyl (C=O) groups excluding carboxylic acids is 2. The van der Waals surface area contributed by atoms with Gasteiger partial charge in [-0.15, -0.1) is 0 Å². The molecule has 0 spiro atoms. The summed E-state index contributed by atoms with van der Waals surface area (Å²) in [5.74, 6) is 0.572. The molecule has 0 aromatic heterocycles. The number of nitrogens with two attached hydrogens (primary N) is 1. The molecule has 0 saturated heterocycles. The van der Waals surface area contributed by atoms with Crippen molar-refractivity contribution in [2.24, 2.45) is 11.8 Å². The summed E-state index contributed by atoms with van der Waals surface area (Å²) in [5.41, 5.74) is 7.17. The number of nitrogens with zero attached hydrogens (tertiary/aromatic N) is 1. The van der Waals surface area contributed by atoms with Gasteiger partial charge in [0.2, 0.25) is 0 Å². The van der Waals surface area contributed by atoms with E-state index in [1.807, 2.05) is 0 Å². The molecule has 19 heavy (non-hydrogen) atoms. The minimum absolute atomic E-state index is 0.0311. The third-order valence-electron chi connectivity index (χ3n) is 4.70. The molecule has 0 bridgehead atoms. The van der Waals surface area contributed by atoms with E-state index in [0.29, 0.717) is 28.7 Å². The largest absolute Gasteiger partial charge is 0.399 e. The summed E-state index contributed by atoms with van der Waals surface area (Å²) < 4.78 is 0. The van der Waals surface area contributed by atoms with Crippen LogP contribution in [-0.4, -0.2) is 22.8 Å². The normalized spacial score (nSPS) is 30.0. The van der Waals surface area contributed by atoms with Crippen molar-refractivity contribution in [3.05, 3.63) is 29.3 Å². The Balaban J connectivity index is 1.99. The first-order valence-electron chi connectivity index (χ1n) is 6.78. The second kappa shape index (κ2) is 4.08. The van der Waals surface area contributed by atoms with Gasteiger partial charge in [0.05, 0.1) is 11.1 Å². The molecule has 2 aliphatic rings. The minimum Gasteiger partial charge on any atom is -0.399 e. The predicted octanol–water partition coefficient (Wildman–Crippen LogP) is 2.30. The zero-order valence-electron chi connectivity index (χ0n) is 11.2. The minimum atomic E-state index is -0.182. The lowest BCUT2D eigenvalue weighted by atomic mass is 9.97. The first-order chi connectivity index (χ1) is 9.00. The van der Waals surface area contributed by atoms with Gasteiger partial charge in [-0.2, -0.15) is 0 Å². The topological polar surface area (TPSA) is 63.4 Å². The fourth-order valence-electron chi connectivity index (χ4n) is 3.28. The molecule has 2 N–H and O–H groups in total. The van der Waals surface area contributed by atoms with Gasteiger partial charge in [0.15, 0.2) is 0 Å². The summed E-state index contributed by atoms with van der Waals surface area (Å²) in [5, 5.41) is 0. The van der Waals surface area contributed by atoms with Crippen LogP contribution in [0.5, 0.6) is 0 Å². The van der Waals surface area contributed by atoms with Gasteiger partial charge in [0.25, 0.3) is 11.8 Å². The summed E-state index contributed by atoms with van der Waals surface area (Å²) in [6, 6.07) is 4.98. The van der Waals surface area contributed by atoms with Crippen LogP contribution < -0.4 is 5.73 Å². The zero-order chi connectivity index (χ0) is 13.7. The number of carbonyl (C=O) groups is 2. The van der Waals surface area contributed by atoms with Gasteiger partial charge in [-0.05, 0) is 42.9 Å². The van der Waals surface area contributed by atoms with E-state index in [2.05, 4.69) is 13.8 Å². The Kier molecular flexibility index (Phi) is 2.62. The molecule has 3 unspecified atom stereocenters. The van der Waals surface area contributed by atoms with E-state index in [4.69, 9.17) is 5.73 Å². The number of fused-ring (bicyclic) bond motifs is 1. The van der Waals surface area contributed by atoms with E-state index >= 15 is 0 Å². The number of anilines is 1. The van der Waals surface area contributed by atoms with Crippen LogP contribution in [-0.2, 0) is 0 Å². The Morgan fingerprint density at radius 1 is 1.11 bits per heavy atom. The third-order valence-corrected chi connectivity index (χ3v) is 4.70. The molecule has 0 radical (unpaired) electrons. The molecule has 1 aliphatic carbocycles. The summed E-state index contributed by atoms with van der Waals surface area (Å²) in [4.78, 5) is 26.3. The maximum absolute atomic E-state index is 12.4. The third kappa shape index (κ3) is 1.66. The molecule has 1 fully saturated rings. The Morgan fingerprint density at radius 3 is 2.42 bits per heavy atom. The molecule has 3 atom stereocenters. The van der Waals surface area contributed by atoms with Gasteiger partial charge < -0.3 is 5.73 Å². The number of hydrogen-bond acceptors (Lipinski definition) is 3. The van der Waals surface area contributed by atoms with Gasteiger partial charge in [-0.25, -0.2) is 0 Å². The van der Waals surface area contributed by atoms with Crippen molar-refractivity contribution in [1.82, 2.24) is 4.90 Å². The molecular weight excluding hydrogens is 240 g/mol. The van der Waals surface area contributed by atoms with Gasteiger partial charge in [0.1, 0.15) is 0 Å². The van der Waals surface area contributed by atoms with Crippen LogP contribution in [0.1, 0.15) is 47.4 Å². The highest BCUT2D eigenvalue weighted by Gasteiger charge is 2.44. The highest BCUT2D eigenvalue weighted by atomic mass is 16.2. The zero-order valence-corrected chi connectivity index (χ0v) is 11.2. The van der Waals surface area contributed by atoms with E-state index in [9.17, 15) is 9.59 Å². The number of hydrogen-bond donors (Lipinski definition) is 1. The molecule has 100 valence electrons. The molecule has 3 rings (SSSR count). The Labute approximate surface area is 112 Å². The van der Waals surface area contributed by atoms with E-state index in [-0.39, 0.29) is 17.9 Å². The van der Waals surface area contributed by atoms with Crippen molar-refractivity contribution in [3.63, 3.8) is 0 Å². The lowest BCUT2D eigenvalue weighted by Gasteiger charge is -2.27. The lowest BCUT2D eigenvalue weighted by Crippen LogP contribution is -2.41. The number of imide groups is 1. The van der Waals surface area contributed by atoms with Gasteiger partial charge in [0, 0.05) is 11.7 Å². The number of rotatable bonds is 1. The second-order valence-electron chi connectivity index (χ2n) is 5.77. The quantitative estimate of drug-likeness (QED) is 0.621.